The molecule has 0 saturated carbocycles. The molecule has 66 heavy (non-hydrogen) atoms. The Morgan fingerprint density at radius 1 is 0.212 bits per heavy atom. The van der Waals surface area contributed by atoms with Crippen LogP contribution < -0.4 is 0 Å². The summed E-state index contributed by atoms with van der Waals surface area (Å²) in [6, 6.07) is 37.7. The van der Waals surface area contributed by atoms with Crippen LogP contribution in [0.2, 0.25) is 0 Å². The first kappa shape index (κ1) is 47.4. The van der Waals surface area contributed by atoms with Crippen molar-refractivity contribution in [3.05, 3.63) is 179 Å². The molecule has 0 saturated heterocycles. The second kappa shape index (κ2) is 21.2. The third kappa shape index (κ3) is 11.6. The van der Waals surface area contributed by atoms with Crippen molar-refractivity contribution in [2.24, 2.45) is 0 Å². The maximum atomic E-state index is 11.9. The Morgan fingerprint density at radius 3 is 0.409 bits per heavy atom. The van der Waals surface area contributed by atoms with Gasteiger partial charge >= 0.3 is 35.8 Å². The molecule has 0 fully saturated rings. The minimum absolute atomic E-state index is 0.0587. The van der Waals surface area contributed by atoms with Gasteiger partial charge in [0.15, 0.2) is 0 Å². The molecule has 7 aromatic rings. The van der Waals surface area contributed by atoms with E-state index >= 15 is 0 Å². The molecular weight excluding hydrogens is 961 g/mol. The SMILES string of the molecule is O=C(O)c1ccc(Sc2c(Sc3ccc(C(=O)O)cc3)c(Sc3ccc(C(=O)O)cc3)c(Sc3ccc(C(=O)O)cc3)c(Sc3ccc(C(=O)O)cc3)c2Sc2ccc(C(=O)O)cc2)cc1. The summed E-state index contributed by atoms with van der Waals surface area (Å²) in [6.45, 7) is 0. The van der Waals surface area contributed by atoms with Gasteiger partial charge in [-0.15, -0.1) is 0 Å². The summed E-state index contributed by atoms with van der Waals surface area (Å²) in [6.07, 6.45) is 0. The van der Waals surface area contributed by atoms with Gasteiger partial charge in [0.1, 0.15) is 0 Å². The van der Waals surface area contributed by atoms with E-state index in [0.717, 1.165) is 0 Å². The number of rotatable bonds is 18. The maximum Gasteiger partial charge on any atom is 0.335 e. The van der Waals surface area contributed by atoms with E-state index in [0.29, 0.717) is 58.7 Å². The van der Waals surface area contributed by atoms with Gasteiger partial charge < -0.3 is 30.6 Å². The fourth-order valence-corrected chi connectivity index (χ4v) is 13.1. The maximum absolute atomic E-state index is 11.9. The number of carboxylic acid groups (broad SMARTS) is 6. The molecule has 0 unspecified atom stereocenters. The lowest BCUT2D eigenvalue weighted by Gasteiger charge is -2.25. The summed E-state index contributed by atoms with van der Waals surface area (Å²) < 4.78 is 0. The van der Waals surface area contributed by atoms with E-state index in [1.54, 1.807) is 72.8 Å². The van der Waals surface area contributed by atoms with E-state index in [2.05, 4.69) is 0 Å². The van der Waals surface area contributed by atoms with Crippen molar-refractivity contribution in [1.29, 1.82) is 0 Å². The number of hydrogen-bond donors (Lipinski definition) is 6. The molecule has 18 heteroatoms. The van der Waals surface area contributed by atoms with Crippen LogP contribution in [-0.2, 0) is 0 Å². The van der Waals surface area contributed by atoms with Crippen molar-refractivity contribution in [3.63, 3.8) is 0 Å². The summed E-state index contributed by atoms with van der Waals surface area (Å²) in [5.41, 5.74) is 0.352. The first-order valence-corrected chi connectivity index (χ1v) is 23.8. The van der Waals surface area contributed by atoms with Crippen LogP contribution in [0.5, 0.6) is 0 Å². The average Bonchev–Trinajstić information content (AvgIpc) is 3.30. The molecule has 0 bridgehead atoms. The van der Waals surface area contributed by atoms with E-state index in [-0.39, 0.29) is 33.4 Å². The van der Waals surface area contributed by atoms with E-state index in [4.69, 9.17) is 0 Å². The molecule has 0 aliphatic heterocycles. The Labute approximate surface area is 400 Å². The van der Waals surface area contributed by atoms with E-state index in [1.165, 1.54) is 143 Å². The number of carbonyl (C=O) groups is 6. The quantitative estimate of drug-likeness (QED) is 0.0470. The number of aromatic carboxylic acids is 6. The Morgan fingerprint density at radius 2 is 0.318 bits per heavy atom. The predicted molar refractivity (Wildman–Crippen MR) is 252 cm³/mol. The Balaban J connectivity index is 1.59. The summed E-state index contributed by atoms with van der Waals surface area (Å²) in [4.78, 5) is 79.3. The smallest absolute Gasteiger partial charge is 0.335 e. The van der Waals surface area contributed by atoms with E-state index in [1.807, 2.05) is 0 Å². The van der Waals surface area contributed by atoms with Gasteiger partial charge in [0.2, 0.25) is 0 Å². The topological polar surface area (TPSA) is 224 Å². The Kier molecular flexibility index (Phi) is 15.2. The first-order valence-electron chi connectivity index (χ1n) is 18.9. The summed E-state index contributed by atoms with van der Waals surface area (Å²) in [5.74, 6) is -6.71. The third-order valence-corrected chi connectivity index (χ3v) is 16.7. The zero-order valence-electron chi connectivity index (χ0n) is 33.4. The van der Waals surface area contributed by atoms with Gasteiger partial charge in [0.05, 0.1) is 33.4 Å². The zero-order valence-corrected chi connectivity index (χ0v) is 38.3. The van der Waals surface area contributed by atoms with Crippen molar-refractivity contribution in [1.82, 2.24) is 0 Å². The largest absolute Gasteiger partial charge is 0.478 e. The Bertz CT molecular complexity index is 2450. The molecular formula is C48H30O12S6. The van der Waals surface area contributed by atoms with Crippen LogP contribution in [0.1, 0.15) is 62.1 Å². The monoisotopic (exact) mass is 990 g/mol. The van der Waals surface area contributed by atoms with Crippen molar-refractivity contribution in [2.75, 3.05) is 0 Å². The molecule has 0 atom stereocenters. The molecule has 0 spiro atoms. The number of benzene rings is 7. The van der Waals surface area contributed by atoms with Crippen LogP contribution in [0, 0.1) is 0 Å². The third-order valence-electron chi connectivity index (χ3n) is 9.16. The zero-order chi connectivity index (χ0) is 47.1. The molecule has 0 aromatic heterocycles. The van der Waals surface area contributed by atoms with Gasteiger partial charge in [-0.2, -0.15) is 0 Å². The van der Waals surface area contributed by atoms with Gasteiger partial charge in [-0.1, -0.05) is 70.6 Å². The van der Waals surface area contributed by atoms with Crippen LogP contribution in [0.3, 0.4) is 0 Å². The normalized spacial score (nSPS) is 10.9. The van der Waals surface area contributed by atoms with Crippen molar-refractivity contribution in [3.8, 4) is 0 Å². The first-order chi connectivity index (χ1) is 31.6. The molecule has 0 aliphatic carbocycles. The fraction of sp³-hybridized carbons (Fsp3) is 0. The second-order valence-corrected chi connectivity index (χ2v) is 20.1. The van der Waals surface area contributed by atoms with Crippen LogP contribution in [0.4, 0.5) is 0 Å². The van der Waals surface area contributed by atoms with Gasteiger partial charge in [-0.25, -0.2) is 28.8 Å². The molecule has 0 heterocycles. The fourth-order valence-electron chi connectivity index (χ4n) is 5.88. The Hall–Kier alpha value is -6.54. The highest BCUT2D eigenvalue weighted by Crippen LogP contribution is 2.59. The highest BCUT2D eigenvalue weighted by atomic mass is 32.2. The standard InChI is InChI=1S/C48H30O12S6/c49-43(50)25-1-13-31(14-2-25)61-37-38(62-32-15-3-26(4-16-32)44(51)52)40(64-34-19-7-28(8-20-34)46(55)56)42(66-36-23-11-30(12-24-36)48(59)60)41(65-35-21-9-29(10-22-35)47(57)58)39(37)63-33-17-5-27(6-18-33)45(53)54/h1-24H,(H,49,50)(H,51,52)(H,53,54)(H,55,56)(H,57,58)(H,59,60). The average molecular weight is 991 g/mol. The lowest BCUT2D eigenvalue weighted by Crippen LogP contribution is -1.99. The molecule has 12 nitrogen and oxygen atoms in total. The molecule has 6 N–H and O–H groups in total. The molecule has 0 amide bonds. The highest BCUT2D eigenvalue weighted by molar-refractivity contribution is 8.07. The van der Waals surface area contributed by atoms with Crippen LogP contribution in [0.15, 0.2) is 204 Å². The van der Waals surface area contributed by atoms with Gasteiger partial charge in [0.25, 0.3) is 0 Å². The van der Waals surface area contributed by atoms with E-state index < -0.39 is 35.8 Å². The lowest BCUT2D eigenvalue weighted by molar-refractivity contribution is 0.0686. The summed E-state index contributed by atoms with van der Waals surface area (Å²) >= 11 is 7.91. The summed E-state index contributed by atoms with van der Waals surface area (Å²) in [7, 11) is 0. The second-order valence-electron chi connectivity index (χ2n) is 13.6. The van der Waals surface area contributed by atoms with Crippen molar-refractivity contribution in [2.45, 2.75) is 58.7 Å². The summed E-state index contributed by atoms with van der Waals surface area (Å²) in [5, 5.41) is 58.5. The predicted octanol–water partition coefficient (Wildman–Crippen LogP) is 12.8. The van der Waals surface area contributed by atoms with Gasteiger partial charge in [-0.3, -0.25) is 0 Å². The minimum atomic E-state index is -1.12. The number of hydrogen-bond acceptors (Lipinski definition) is 12. The lowest BCUT2D eigenvalue weighted by atomic mass is 10.2. The minimum Gasteiger partial charge on any atom is -0.478 e. The van der Waals surface area contributed by atoms with Crippen LogP contribution in [0.25, 0.3) is 0 Å². The van der Waals surface area contributed by atoms with Crippen LogP contribution in [-0.4, -0.2) is 66.5 Å². The van der Waals surface area contributed by atoms with Gasteiger partial charge in [-0.05, 0) is 146 Å². The molecule has 7 rings (SSSR count). The molecule has 0 radical (unpaired) electrons. The molecule has 7 aromatic carbocycles. The molecule has 0 aliphatic rings. The van der Waals surface area contributed by atoms with Crippen molar-refractivity contribution >= 4 is 106 Å². The van der Waals surface area contributed by atoms with E-state index in [9.17, 15) is 59.4 Å². The number of carboxylic acids is 6. The van der Waals surface area contributed by atoms with Gasteiger partial charge in [0, 0.05) is 58.7 Å². The van der Waals surface area contributed by atoms with Crippen LogP contribution >= 0.6 is 70.6 Å². The highest BCUT2D eigenvalue weighted by Gasteiger charge is 2.29. The molecule has 330 valence electrons. The van der Waals surface area contributed by atoms with Crippen molar-refractivity contribution < 1.29 is 59.4 Å².